The van der Waals surface area contributed by atoms with Crippen LogP contribution in [-0.4, -0.2) is 84.4 Å². The summed E-state index contributed by atoms with van der Waals surface area (Å²) in [7, 11) is -0.837. The molecule has 0 heterocycles. The maximum absolute atomic E-state index is 6.49. The third-order valence-electron chi connectivity index (χ3n) is 7.08. The summed E-state index contributed by atoms with van der Waals surface area (Å²) in [5.74, 6) is 2.26. The standard InChI is InChI=1S/2C14H32O3SSi.2C2H5.Sn/c2*1-6-9-15-19(16-10-7-2,17-11-8-3)13-14(4,5)12-18;2*1-2;/h2*18H,6-13H2,1-5H3;2*1H2,2H3;/q;;;;+2/p-2. The predicted molar refractivity (Wildman–Crippen MR) is 198 cm³/mol. The van der Waals surface area contributed by atoms with E-state index >= 15 is 0 Å². The van der Waals surface area contributed by atoms with Crippen molar-refractivity contribution >= 4 is 51.1 Å². The summed E-state index contributed by atoms with van der Waals surface area (Å²) in [5, 5.41) is 0. The van der Waals surface area contributed by atoms with Gasteiger partial charge in [0.1, 0.15) is 0 Å². The van der Waals surface area contributed by atoms with Gasteiger partial charge in [0.2, 0.25) is 0 Å². The summed E-state index contributed by atoms with van der Waals surface area (Å²) < 4.78 is 41.6. The minimum absolute atomic E-state index is 0.0761. The first-order valence-corrected chi connectivity index (χ1v) is 34.3. The second kappa shape index (κ2) is 23.9. The van der Waals surface area contributed by atoms with Gasteiger partial charge in [0.15, 0.2) is 0 Å². The molecule has 0 unspecified atom stereocenters. The Bertz CT molecular complexity index is 591. The molecule has 0 aromatic rings. The van der Waals surface area contributed by atoms with Gasteiger partial charge in [-0.2, -0.15) is 0 Å². The van der Waals surface area contributed by atoms with E-state index in [0.29, 0.717) is 39.6 Å². The van der Waals surface area contributed by atoms with Crippen LogP contribution in [0.1, 0.15) is 122 Å². The first kappa shape index (κ1) is 44.7. The quantitative estimate of drug-likeness (QED) is 0.0667. The van der Waals surface area contributed by atoms with Gasteiger partial charge in [-0.15, -0.1) is 0 Å². The van der Waals surface area contributed by atoms with Crippen molar-refractivity contribution in [3.8, 4) is 0 Å². The van der Waals surface area contributed by atoms with E-state index in [9.17, 15) is 0 Å². The second-order valence-electron chi connectivity index (χ2n) is 13.3. The van der Waals surface area contributed by atoms with E-state index in [1.54, 1.807) is 0 Å². The fraction of sp³-hybridized carbons (Fsp3) is 1.00. The first-order chi connectivity index (χ1) is 20.3. The Morgan fingerprint density at radius 2 is 0.674 bits per heavy atom. The fourth-order valence-corrected chi connectivity index (χ4v) is 38.7. The van der Waals surface area contributed by atoms with Crippen molar-refractivity contribution in [2.45, 2.75) is 143 Å². The molecule has 0 N–H and O–H groups in total. The summed E-state index contributed by atoms with van der Waals surface area (Å²) in [6.07, 6.45) is 5.88. The molecule has 0 radical (unpaired) electrons. The summed E-state index contributed by atoms with van der Waals surface area (Å²) in [5.41, 5.74) is 0.152. The summed E-state index contributed by atoms with van der Waals surface area (Å²) in [4.78, 5) is 0. The van der Waals surface area contributed by atoms with Gasteiger partial charge in [0.05, 0.1) is 0 Å². The molecule has 0 aliphatic rings. The molecule has 0 bridgehead atoms. The Morgan fingerprint density at radius 1 is 0.442 bits per heavy atom. The van der Waals surface area contributed by atoms with Crippen LogP contribution in [0.4, 0.5) is 0 Å². The van der Waals surface area contributed by atoms with E-state index in [0.717, 1.165) is 62.1 Å². The van der Waals surface area contributed by atoms with E-state index < -0.39 is 33.2 Å². The normalized spacial score (nSPS) is 13.7. The van der Waals surface area contributed by atoms with Crippen molar-refractivity contribution in [1.29, 1.82) is 0 Å². The molecule has 0 amide bonds. The number of hydrogen-bond donors (Lipinski definition) is 0. The Morgan fingerprint density at radius 3 is 0.860 bits per heavy atom. The van der Waals surface area contributed by atoms with Crippen molar-refractivity contribution in [2.24, 2.45) is 10.8 Å². The van der Waals surface area contributed by atoms with Crippen molar-refractivity contribution in [1.82, 2.24) is 0 Å². The van der Waals surface area contributed by atoms with Crippen molar-refractivity contribution < 1.29 is 26.6 Å². The summed E-state index contributed by atoms with van der Waals surface area (Å²) in [6, 6.07) is 1.76. The molecule has 0 aliphatic carbocycles. The van der Waals surface area contributed by atoms with Gasteiger partial charge in [-0.05, 0) is 0 Å². The number of hydrogen-bond acceptors (Lipinski definition) is 8. The summed E-state index contributed by atoms with van der Waals surface area (Å²) >= 11 is -2.56. The van der Waals surface area contributed by atoms with Crippen LogP contribution in [0.5, 0.6) is 0 Å². The SMILES string of the molecule is CCCO[Si](CC(C)(C)C[S][Sn]([CH2]C)([CH2]C)[S]CC(C)(C)C[Si](OCCC)(OCCC)OCCC)(OCCC)OCCC. The Labute approximate surface area is 280 Å². The maximum atomic E-state index is 6.49. The van der Waals surface area contributed by atoms with Gasteiger partial charge in [-0.25, -0.2) is 0 Å². The molecule has 0 aromatic carbocycles. The van der Waals surface area contributed by atoms with E-state index in [1.165, 1.54) is 8.87 Å². The molecule has 0 rings (SSSR count). The molecule has 0 aliphatic heterocycles. The molecule has 11 heteroatoms. The Hall–Kier alpha value is 1.69. The van der Waals surface area contributed by atoms with Gasteiger partial charge >= 0.3 is 282 Å². The van der Waals surface area contributed by atoms with Crippen molar-refractivity contribution in [2.75, 3.05) is 51.1 Å². The third-order valence-corrected chi connectivity index (χ3v) is 46.7. The molecule has 0 saturated heterocycles. The van der Waals surface area contributed by atoms with Crippen LogP contribution in [0.15, 0.2) is 0 Å². The molecule has 0 fully saturated rings. The zero-order valence-electron chi connectivity index (χ0n) is 30.5. The van der Waals surface area contributed by atoms with Crippen LogP contribution in [0.25, 0.3) is 0 Å². The van der Waals surface area contributed by atoms with E-state index in [-0.39, 0.29) is 10.8 Å². The van der Waals surface area contributed by atoms with E-state index in [1.807, 2.05) is 0 Å². The van der Waals surface area contributed by atoms with Gasteiger partial charge in [-0.3, -0.25) is 0 Å². The van der Waals surface area contributed by atoms with Crippen LogP contribution in [-0.2, 0) is 26.6 Å². The van der Waals surface area contributed by atoms with E-state index in [2.05, 4.69) is 101 Å². The van der Waals surface area contributed by atoms with Crippen molar-refractivity contribution in [3.63, 3.8) is 0 Å². The first-order valence-electron chi connectivity index (χ1n) is 17.4. The average molecular weight is 792 g/mol. The molecule has 0 aromatic heterocycles. The zero-order valence-corrected chi connectivity index (χ0v) is 37.0. The van der Waals surface area contributed by atoms with Crippen LogP contribution in [0.2, 0.25) is 21.0 Å². The molecular weight excluding hydrogens is 719 g/mol. The topological polar surface area (TPSA) is 55.4 Å². The molecule has 260 valence electrons. The van der Waals surface area contributed by atoms with Crippen LogP contribution in [0, 0.1) is 10.8 Å². The number of rotatable bonds is 30. The van der Waals surface area contributed by atoms with Gasteiger partial charge in [-0.1, -0.05) is 0 Å². The molecule has 0 atom stereocenters. The zero-order chi connectivity index (χ0) is 32.9. The van der Waals surface area contributed by atoms with Crippen molar-refractivity contribution in [3.05, 3.63) is 0 Å². The van der Waals surface area contributed by atoms with Gasteiger partial charge < -0.3 is 0 Å². The molecule has 43 heavy (non-hydrogen) atoms. The average Bonchev–Trinajstić information content (AvgIpc) is 2.98. The summed E-state index contributed by atoms with van der Waals surface area (Å²) in [6.45, 7) is 31.7. The monoisotopic (exact) mass is 792 g/mol. The van der Waals surface area contributed by atoms with E-state index in [4.69, 9.17) is 26.6 Å². The Kier molecular flexibility index (Phi) is 24.9. The van der Waals surface area contributed by atoms with Crippen LogP contribution >= 0.6 is 17.9 Å². The fourth-order valence-electron chi connectivity index (χ4n) is 4.73. The third kappa shape index (κ3) is 18.7. The van der Waals surface area contributed by atoms with Crippen LogP contribution in [0.3, 0.4) is 0 Å². The minimum atomic E-state index is -2.75. The second-order valence-corrected chi connectivity index (χ2v) is 46.1. The molecule has 6 nitrogen and oxygen atoms in total. The molecule has 0 saturated carbocycles. The molecular formula is C32H72O6S2Si2Sn. The van der Waals surface area contributed by atoms with Gasteiger partial charge in [0, 0.05) is 0 Å². The van der Waals surface area contributed by atoms with Gasteiger partial charge in [0.25, 0.3) is 0 Å². The van der Waals surface area contributed by atoms with Crippen LogP contribution < -0.4 is 0 Å². The molecule has 0 spiro atoms. The Balaban J connectivity index is 5.77. The predicted octanol–water partition coefficient (Wildman–Crippen LogP) is 10.4.